The summed E-state index contributed by atoms with van der Waals surface area (Å²) in [7, 11) is 0. The Morgan fingerprint density at radius 1 is 1.29 bits per heavy atom. The minimum Gasteiger partial charge on any atom is -0.259 e. The Labute approximate surface area is 132 Å². The number of hydrogen-bond acceptors (Lipinski definition) is 2. The lowest BCUT2D eigenvalue weighted by molar-refractivity contribution is 0.514. The summed E-state index contributed by atoms with van der Waals surface area (Å²) in [6.45, 7) is 4.60. The van der Waals surface area contributed by atoms with E-state index in [1.807, 2.05) is 18.0 Å². The molecule has 1 aromatic rings. The molecule has 0 spiro atoms. The van der Waals surface area contributed by atoms with Crippen molar-refractivity contribution in [3.8, 4) is 0 Å². The predicted octanol–water partition coefficient (Wildman–Crippen LogP) is 5.97. The molecule has 0 saturated heterocycles. The summed E-state index contributed by atoms with van der Waals surface area (Å²) >= 11 is 1.92. The van der Waals surface area contributed by atoms with E-state index < -0.39 is 0 Å². The molecule has 2 aliphatic rings. The molecule has 0 radical (unpaired) electrons. The van der Waals surface area contributed by atoms with Gasteiger partial charge in [-0.05, 0) is 43.2 Å². The van der Waals surface area contributed by atoms with Gasteiger partial charge in [0.15, 0.2) is 0 Å². The summed E-state index contributed by atoms with van der Waals surface area (Å²) in [5, 5.41) is 0. The number of benzene rings is 1. The first-order valence-corrected chi connectivity index (χ1v) is 8.83. The quantitative estimate of drug-likeness (QED) is 0.669. The second kappa shape index (κ2) is 6.65. The summed E-state index contributed by atoms with van der Waals surface area (Å²) in [6, 6.07) is 8.60. The van der Waals surface area contributed by atoms with Crippen LogP contribution in [0, 0.1) is 5.92 Å². The molecule has 0 N–H and O–H groups in total. The van der Waals surface area contributed by atoms with Crippen LogP contribution >= 0.6 is 11.8 Å². The van der Waals surface area contributed by atoms with Gasteiger partial charge in [0.25, 0.3) is 0 Å². The number of aliphatic imine (C=N–C) groups is 1. The molecule has 110 valence electrons. The lowest BCUT2D eigenvalue weighted by Gasteiger charge is -2.22. The topological polar surface area (TPSA) is 12.4 Å². The number of hydrogen-bond donors (Lipinski definition) is 0. The zero-order valence-corrected chi connectivity index (χ0v) is 13.7. The zero-order chi connectivity index (χ0) is 14.7. The van der Waals surface area contributed by atoms with Crippen LogP contribution in [-0.2, 0) is 0 Å². The van der Waals surface area contributed by atoms with E-state index in [2.05, 4.69) is 44.2 Å². The fraction of sp³-hybridized carbons (Fsp3) is 0.421. The van der Waals surface area contributed by atoms with Crippen molar-refractivity contribution in [2.45, 2.75) is 50.8 Å². The number of rotatable bonds is 3. The van der Waals surface area contributed by atoms with Crippen LogP contribution in [0.25, 0.3) is 0 Å². The van der Waals surface area contributed by atoms with E-state index in [1.165, 1.54) is 45.9 Å². The van der Waals surface area contributed by atoms with Gasteiger partial charge in [0, 0.05) is 21.6 Å². The SMILES string of the molecule is CCCC1=C(C2=CCCC(C)C2)Sc2ccccc2C=N1. The van der Waals surface area contributed by atoms with Crippen molar-refractivity contribution in [2.75, 3.05) is 0 Å². The average Bonchev–Trinajstić information content (AvgIpc) is 2.68. The van der Waals surface area contributed by atoms with Crippen LogP contribution < -0.4 is 0 Å². The van der Waals surface area contributed by atoms with Gasteiger partial charge >= 0.3 is 0 Å². The van der Waals surface area contributed by atoms with Crippen LogP contribution in [0.15, 0.2) is 56.4 Å². The Bertz CT molecular complexity index is 610. The van der Waals surface area contributed by atoms with Crippen LogP contribution in [0.3, 0.4) is 0 Å². The third-order valence-corrected chi connectivity index (χ3v) is 5.44. The molecule has 1 heterocycles. The second-order valence-electron chi connectivity index (χ2n) is 6.04. The molecule has 2 heteroatoms. The van der Waals surface area contributed by atoms with E-state index in [9.17, 15) is 0 Å². The lowest BCUT2D eigenvalue weighted by atomic mass is 9.89. The van der Waals surface area contributed by atoms with E-state index >= 15 is 0 Å². The maximum atomic E-state index is 4.83. The van der Waals surface area contributed by atoms with Crippen LogP contribution in [0.5, 0.6) is 0 Å². The maximum Gasteiger partial charge on any atom is 0.0545 e. The molecular formula is C19H23NS. The first-order valence-electron chi connectivity index (χ1n) is 8.01. The van der Waals surface area contributed by atoms with Gasteiger partial charge in [0.2, 0.25) is 0 Å². The fourth-order valence-electron chi connectivity index (χ4n) is 3.01. The molecule has 1 atom stereocenters. The number of allylic oxidation sites excluding steroid dienone is 3. The van der Waals surface area contributed by atoms with Crippen molar-refractivity contribution in [1.29, 1.82) is 0 Å². The molecule has 0 amide bonds. The molecule has 21 heavy (non-hydrogen) atoms. The Balaban J connectivity index is 2.01. The minimum absolute atomic E-state index is 0.795. The smallest absolute Gasteiger partial charge is 0.0545 e. The molecule has 0 fully saturated rings. The Morgan fingerprint density at radius 3 is 2.95 bits per heavy atom. The third kappa shape index (κ3) is 3.32. The molecule has 1 aliphatic carbocycles. The van der Waals surface area contributed by atoms with Gasteiger partial charge in [-0.1, -0.05) is 56.3 Å². The predicted molar refractivity (Wildman–Crippen MR) is 92.9 cm³/mol. The highest BCUT2D eigenvalue weighted by Crippen LogP contribution is 2.42. The molecule has 1 aromatic carbocycles. The highest BCUT2D eigenvalue weighted by atomic mass is 32.2. The fourth-order valence-corrected chi connectivity index (χ4v) is 4.18. The van der Waals surface area contributed by atoms with Gasteiger partial charge in [-0.3, -0.25) is 4.99 Å². The standard InChI is InChI=1S/C19H23NS/c1-3-7-17-19(15-10-6-8-14(2)12-15)21-18-11-5-4-9-16(18)13-20-17/h4-5,9-11,13-14H,3,6-8,12H2,1-2H3. The summed E-state index contributed by atoms with van der Waals surface area (Å²) < 4.78 is 0. The third-order valence-electron chi connectivity index (χ3n) is 4.15. The van der Waals surface area contributed by atoms with Gasteiger partial charge in [0.1, 0.15) is 0 Å². The van der Waals surface area contributed by atoms with Crippen molar-refractivity contribution in [3.05, 3.63) is 52.1 Å². The van der Waals surface area contributed by atoms with Gasteiger partial charge in [0.05, 0.1) is 5.70 Å². The van der Waals surface area contributed by atoms with E-state index in [4.69, 9.17) is 4.99 Å². The highest BCUT2D eigenvalue weighted by Gasteiger charge is 2.20. The highest BCUT2D eigenvalue weighted by molar-refractivity contribution is 8.03. The Morgan fingerprint density at radius 2 is 2.14 bits per heavy atom. The van der Waals surface area contributed by atoms with Crippen LogP contribution in [0.2, 0.25) is 0 Å². The van der Waals surface area contributed by atoms with E-state index in [1.54, 1.807) is 0 Å². The molecule has 0 bridgehead atoms. The number of nitrogens with zero attached hydrogens (tertiary/aromatic N) is 1. The van der Waals surface area contributed by atoms with Crippen LogP contribution in [0.1, 0.15) is 51.5 Å². The first kappa shape index (κ1) is 14.6. The molecule has 0 saturated carbocycles. The van der Waals surface area contributed by atoms with Gasteiger partial charge in [-0.25, -0.2) is 0 Å². The monoisotopic (exact) mass is 297 g/mol. The summed E-state index contributed by atoms with van der Waals surface area (Å²) in [6.07, 6.45) is 10.5. The zero-order valence-electron chi connectivity index (χ0n) is 12.9. The number of thioether (sulfide) groups is 1. The van der Waals surface area contributed by atoms with E-state index in [0.29, 0.717) is 0 Å². The second-order valence-corrected chi connectivity index (χ2v) is 7.09. The van der Waals surface area contributed by atoms with Crippen molar-refractivity contribution in [1.82, 2.24) is 0 Å². The van der Waals surface area contributed by atoms with Crippen molar-refractivity contribution in [2.24, 2.45) is 10.9 Å². The van der Waals surface area contributed by atoms with Gasteiger partial charge < -0.3 is 0 Å². The summed E-state index contributed by atoms with van der Waals surface area (Å²) in [5.74, 6) is 0.795. The van der Waals surface area contributed by atoms with Crippen molar-refractivity contribution >= 4 is 18.0 Å². The van der Waals surface area contributed by atoms with Crippen molar-refractivity contribution in [3.63, 3.8) is 0 Å². The molecular weight excluding hydrogens is 274 g/mol. The minimum atomic E-state index is 0.795. The molecule has 1 unspecified atom stereocenters. The van der Waals surface area contributed by atoms with Gasteiger partial charge in [-0.15, -0.1) is 0 Å². The molecule has 0 aromatic heterocycles. The largest absolute Gasteiger partial charge is 0.259 e. The summed E-state index contributed by atoms with van der Waals surface area (Å²) in [5.41, 5.74) is 4.05. The average molecular weight is 297 g/mol. The lowest BCUT2D eigenvalue weighted by Crippen LogP contribution is -2.04. The first-order chi connectivity index (χ1) is 10.3. The normalized spacial score (nSPS) is 21.8. The van der Waals surface area contributed by atoms with Crippen LogP contribution in [-0.4, -0.2) is 6.21 Å². The molecule has 3 rings (SSSR count). The summed E-state index contributed by atoms with van der Waals surface area (Å²) in [4.78, 5) is 7.58. The van der Waals surface area contributed by atoms with Crippen LogP contribution in [0.4, 0.5) is 0 Å². The van der Waals surface area contributed by atoms with E-state index in [-0.39, 0.29) is 0 Å². The Kier molecular flexibility index (Phi) is 4.64. The maximum absolute atomic E-state index is 4.83. The van der Waals surface area contributed by atoms with E-state index in [0.717, 1.165) is 18.8 Å². The van der Waals surface area contributed by atoms with Gasteiger partial charge in [-0.2, -0.15) is 0 Å². The molecule has 1 aliphatic heterocycles. The number of fused-ring (bicyclic) bond motifs is 1. The van der Waals surface area contributed by atoms with Crippen molar-refractivity contribution < 1.29 is 0 Å². The Hall–Kier alpha value is -1.28. The molecule has 1 nitrogen and oxygen atoms in total.